The Bertz CT molecular complexity index is 887. The summed E-state index contributed by atoms with van der Waals surface area (Å²) >= 11 is 6.12. The molecule has 5 rings (SSSR count). The fourth-order valence-electron chi connectivity index (χ4n) is 4.26. The molecule has 0 radical (unpaired) electrons. The lowest BCUT2D eigenvalue weighted by atomic mass is 9.94. The second kappa shape index (κ2) is 7.84. The average molecular weight is 399 g/mol. The van der Waals surface area contributed by atoms with Crippen molar-refractivity contribution in [3.05, 3.63) is 64.7 Å². The Labute approximate surface area is 169 Å². The van der Waals surface area contributed by atoms with E-state index < -0.39 is 0 Å². The quantitative estimate of drug-likeness (QED) is 0.791. The maximum atomic E-state index is 13.3. The fourth-order valence-corrected chi connectivity index (χ4v) is 4.43. The van der Waals surface area contributed by atoms with Crippen molar-refractivity contribution in [2.45, 2.75) is 18.9 Å². The van der Waals surface area contributed by atoms with Gasteiger partial charge in [0.15, 0.2) is 0 Å². The number of piperidine rings is 1. The lowest BCUT2D eigenvalue weighted by Gasteiger charge is -2.36. The van der Waals surface area contributed by atoms with Crippen LogP contribution in [0.2, 0.25) is 5.02 Å². The van der Waals surface area contributed by atoms with Gasteiger partial charge in [-0.05, 0) is 49.1 Å². The van der Waals surface area contributed by atoms with Crippen molar-refractivity contribution in [1.82, 2.24) is 9.80 Å². The van der Waals surface area contributed by atoms with Crippen LogP contribution in [0.3, 0.4) is 0 Å². The van der Waals surface area contributed by atoms with Gasteiger partial charge in [0.1, 0.15) is 5.75 Å². The van der Waals surface area contributed by atoms with Crippen LogP contribution in [0.5, 0.6) is 5.75 Å². The summed E-state index contributed by atoms with van der Waals surface area (Å²) in [5, 5.41) is 0.505. The maximum absolute atomic E-state index is 13.3. The number of rotatable bonds is 3. The van der Waals surface area contributed by atoms with Crippen LogP contribution in [-0.2, 0) is 0 Å². The van der Waals surface area contributed by atoms with E-state index in [1.807, 2.05) is 40.1 Å². The first kappa shape index (κ1) is 18.8. The number of halogens is 1. The van der Waals surface area contributed by atoms with Crippen LogP contribution in [0, 0.1) is 5.92 Å². The van der Waals surface area contributed by atoms with Gasteiger partial charge in [0, 0.05) is 36.3 Å². The summed E-state index contributed by atoms with van der Waals surface area (Å²) in [6, 6.07) is 14.4. The van der Waals surface area contributed by atoms with Gasteiger partial charge in [-0.2, -0.15) is 0 Å². The molecule has 2 aromatic rings. The summed E-state index contributed by atoms with van der Waals surface area (Å²) in [5.41, 5.74) is 1.17. The molecule has 28 heavy (non-hydrogen) atoms. The molecule has 0 spiro atoms. The molecular weight excluding hydrogens is 376 g/mol. The lowest BCUT2D eigenvalue weighted by Crippen LogP contribution is -2.47. The van der Waals surface area contributed by atoms with Crippen LogP contribution in [0.4, 0.5) is 0 Å². The first-order chi connectivity index (χ1) is 13.6. The van der Waals surface area contributed by atoms with Crippen molar-refractivity contribution in [3.8, 4) is 5.75 Å². The Morgan fingerprint density at radius 1 is 1.00 bits per heavy atom. The number of benzene rings is 2. The molecule has 2 atom stereocenters. The summed E-state index contributed by atoms with van der Waals surface area (Å²) < 4.78 is 5.37. The van der Waals surface area contributed by atoms with E-state index in [1.54, 1.807) is 25.3 Å². The Morgan fingerprint density at radius 3 is 2.54 bits per heavy atom. The molecule has 3 saturated heterocycles. The van der Waals surface area contributed by atoms with Gasteiger partial charge in [-0.3, -0.25) is 9.59 Å². The van der Waals surface area contributed by atoms with Crippen molar-refractivity contribution < 1.29 is 14.3 Å². The summed E-state index contributed by atoms with van der Waals surface area (Å²) in [4.78, 5) is 30.1. The zero-order valence-electron chi connectivity index (χ0n) is 15.8. The highest BCUT2D eigenvalue weighted by molar-refractivity contribution is 6.31. The van der Waals surface area contributed by atoms with Gasteiger partial charge in [-0.15, -0.1) is 0 Å². The molecular formula is C22H23ClN2O3. The number of hydrogen-bond donors (Lipinski definition) is 0. The molecule has 3 aliphatic heterocycles. The first-order valence-electron chi connectivity index (χ1n) is 9.55. The number of carbonyl (C=O) groups excluding carboxylic acids is 2. The van der Waals surface area contributed by atoms with Gasteiger partial charge >= 0.3 is 0 Å². The second-order valence-electron chi connectivity index (χ2n) is 7.48. The highest BCUT2D eigenvalue weighted by Crippen LogP contribution is 2.32. The molecule has 0 unspecified atom stereocenters. The molecule has 3 aliphatic rings. The highest BCUT2D eigenvalue weighted by atomic mass is 35.5. The Kier molecular flexibility index (Phi) is 5.27. The molecule has 0 saturated carbocycles. The average Bonchev–Trinajstić information content (AvgIpc) is 3.05. The summed E-state index contributed by atoms with van der Waals surface area (Å²) in [7, 11) is 1.55. The normalized spacial score (nSPS) is 21.4. The van der Waals surface area contributed by atoms with Gasteiger partial charge < -0.3 is 14.5 Å². The fraction of sp³-hybridized carbons (Fsp3) is 0.364. The van der Waals surface area contributed by atoms with Gasteiger partial charge in [-0.1, -0.05) is 29.8 Å². The standard InChI is InChI=1S/C22H23ClN2O3/c1-28-20-10-8-17(23)11-19(20)22(27)25-13-15-7-9-18(25)14-24(12-15)21(26)16-5-3-2-4-6-16/h2-6,8,10-11,15,18H,7,9,12-14H2,1H3/t15-,18+/m0/s1. The summed E-state index contributed by atoms with van der Waals surface area (Å²) in [5.74, 6) is 0.752. The molecule has 2 aromatic carbocycles. The molecule has 0 N–H and O–H groups in total. The van der Waals surface area contributed by atoms with E-state index in [0.29, 0.717) is 41.5 Å². The van der Waals surface area contributed by atoms with E-state index in [0.717, 1.165) is 12.8 Å². The molecule has 5 nitrogen and oxygen atoms in total. The largest absolute Gasteiger partial charge is 0.496 e. The molecule has 3 heterocycles. The minimum absolute atomic E-state index is 0.00241. The first-order valence-corrected chi connectivity index (χ1v) is 9.93. The monoisotopic (exact) mass is 398 g/mol. The number of nitrogens with zero attached hydrogens (tertiary/aromatic N) is 2. The second-order valence-corrected chi connectivity index (χ2v) is 7.91. The van der Waals surface area contributed by atoms with Crippen molar-refractivity contribution in [3.63, 3.8) is 0 Å². The van der Waals surface area contributed by atoms with E-state index in [4.69, 9.17) is 16.3 Å². The summed E-state index contributed by atoms with van der Waals surface area (Å²) in [6.07, 6.45) is 1.93. The molecule has 3 fully saturated rings. The Morgan fingerprint density at radius 2 is 1.79 bits per heavy atom. The molecule has 6 heteroatoms. The topological polar surface area (TPSA) is 49.9 Å². The minimum Gasteiger partial charge on any atom is -0.496 e. The van der Waals surface area contributed by atoms with E-state index in [-0.39, 0.29) is 23.8 Å². The van der Waals surface area contributed by atoms with E-state index >= 15 is 0 Å². The van der Waals surface area contributed by atoms with Crippen LogP contribution in [0.25, 0.3) is 0 Å². The zero-order valence-corrected chi connectivity index (χ0v) is 16.6. The predicted molar refractivity (Wildman–Crippen MR) is 108 cm³/mol. The van der Waals surface area contributed by atoms with Crippen molar-refractivity contribution in [2.24, 2.45) is 5.92 Å². The van der Waals surface area contributed by atoms with Crippen LogP contribution in [-0.4, -0.2) is 54.4 Å². The SMILES string of the molecule is COc1ccc(Cl)cc1C(=O)N1C[C@H]2CC[C@@H]1CN(C(=O)c1ccccc1)C2. The third-order valence-electron chi connectivity index (χ3n) is 5.67. The minimum atomic E-state index is -0.0805. The summed E-state index contributed by atoms with van der Waals surface area (Å²) in [6.45, 7) is 1.89. The van der Waals surface area contributed by atoms with Crippen molar-refractivity contribution in [1.29, 1.82) is 0 Å². The Hall–Kier alpha value is -2.53. The van der Waals surface area contributed by atoms with Crippen LogP contribution in [0.15, 0.2) is 48.5 Å². The third kappa shape index (κ3) is 3.59. The number of carbonyl (C=O) groups is 2. The van der Waals surface area contributed by atoms with Crippen molar-refractivity contribution in [2.75, 3.05) is 26.7 Å². The predicted octanol–water partition coefficient (Wildman–Crippen LogP) is 3.73. The van der Waals surface area contributed by atoms with Gasteiger partial charge in [0.05, 0.1) is 12.7 Å². The smallest absolute Gasteiger partial charge is 0.257 e. The molecule has 146 valence electrons. The maximum Gasteiger partial charge on any atom is 0.257 e. The molecule has 0 aromatic heterocycles. The molecule has 2 bridgehead atoms. The number of methoxy groups -OCH3 is 1. The van der Waals surface area contributed by atoms with E-state index in [2.05, 4.69) is 0 Å². The van der Waals surface area contributed by atoms with Gasteiger partial charge in [0.2, 0.25) is 0 Å². The van der Waals surface area contributed by atoms with Crippen LogP contribution in [0.1, 0.15) is 33.6 Å². The third-order valence-corrected chi connectivity index (χ3v) is 5.91. The van der Waals surface area contributed by atoms with Crippen molar-refractivity contribution >= 4 is 23.4 Å². The number of fused-ring (bicyclic) bond motifs is 4. The number of ether oxygens (including phenoxy) is 1. The number of amides is 2. The highest BCUT2D eigenvalue weighted by Gasteiger charge is 2.39. The van der Waals surface area contributed by atoms with Crippen LogP contribution >= 0.6 is 11.6 Å². The van der Waals surface area contributed by atoms with Gasteiger partial charge in [-0.25, -0.2) is 0 Å². The number of hydrogen-bond acceptors (Lipinski definition) is 3. The lowest BCUT2D eigenvalue weighted by molar-refractivity contribution is 0.0571. The molecule has 2 amide bonds. The van der Waals surface area contributed by atoms with Crippen LogP contribution < -0.4 is 4.74 Å². The zero-order chi connectivity index (χ0) is 19.7. The van der Waals surface area contributed by atoms with Gasteiger partial charge in [0.25, 0.3) is 11.8 Å². The Balaban J connectivity index is 1.58. The molecule has 0 aliphatic carbocycles. The van der Waals surface area contributed by atoms with E-state index in [9.17, 15) is 9.59 Å². The van der Waals surface area contributed by atoms with E-state index in [1.165, 1.54) is 0 Å².